The van der Waals surface area contributed by atoms with Crippen molar-refractivity contribution in [2.24, 2.45) is 0 Å². The van der Waals surface area contributed by atoms with Crippen LogP contribution in [0, 0.1) is 0 Å². The van der Waals surface area contributed by atoms with Crippen LogP contribution in [0.4, 0.5) is 0 Å². The van der Waals surface area contributed by atoms with Crippen molar-refractivity contribution in [1.82, 2.24) is 5.32 Å². The topological polar surface area (TPSA) is 73.9 Å². The summed E-state index contributed by atoms with van der Waals surface area (Å²) in [5.41, 5.74) is 0.864. The molecule has 0 saturated carbocycles. The fourth-order valence-electron chi connectivity index (χ4n) is 2.10. The molecule has 144 valence electrons. The molecule has 0 saturated heterocycles. The van der Waals surface area contributed by atoms with E-state index in [-0.39, 0.29) is 5.02 Å². The summed E-state index contributed by atoms with van der Waals surface area (Å²) in [6.07, 6.45) is -0.935. The third-order valence-electron chi connectivity index (χ3n) is 3.50. The summed E-state index contributed by atoms with van der Waals surface area (Å²) in [5.74, 6) is -0.117. The summed E-state index contributed by atoms with van der Waals surface area (Å²) in [5, 5.41) is 3.39. The van der Waals surface area contributed by atoms with Crippen molar-refractivity contribution in [3.05, 3.63) is 58.1 Å². The molecule has 2 rings (SSSR count). The second-order valence-electron chi connectivity index (χ2n) is 5.57. The maximum absolute atomic E-state index is 12.0. The van der Waals surface area contributed by atoms with Gasteiger partial charge in [-0.05, 0) is 42.8 Å². The number of carbonyl (C=O) groups excluding carboxylic acids is 2. The van der Waals surface area contributed by atoms with Crippen molar-refractivity contribution in [1.29, 1.82) is 0 Å². The van der Waals surface area contributed by atoms with Crippen molar-refractivity contribution in [3.8, 4) is 11.5 Å². The minimum atomic E-state index is -0.935. The van der Waals surface area contributed by atoms with Crippen molar-refractivity contribution in [2.75, 3.05) is 13.7 Å². The van der Waals surface area contributed by atoms with E-state index in [4.69, 9.17) is 37.4 Å². The van der Waals surface area contributed by atoms with Gasteiger partial charge in [-0.3, -0.25) is 4.79 Å². The lowest BCUT2D eigenvalue weighted by molar-refractivity contribution is -0.154. The molecule has 0 fully saturated rings. The standard InChI is InChI=1S/C19H19Cl2NO5/c1-12(27-17-7-6-14(20)9-16(17)21)19(24)26-11-18(23)22-10-13-4-3-5-15(8-13)25-2/h3-9,12H,10-11H2,1-2H3,(H,22,23)/t12-/m1/s1. The summed E-state index contributed by atoms with van der Waals surface area (Å²) in [6, 6.07) is 11.9. The third kappa shape index (κ3) is 6.66. The second-order valence-corrected chi connectivity index (χ2v) is 6.41. The van der Waals surface area contributed by atoms with Gasteiger partial charge >= 0.3 is 5.97 Å². The zero-order chi connectivity index (χ0) is 19.8. The van der Waals surface area contributed by atoms with Gasteiger partial charge in [-0.2, -0.15) is 0 Å². The van der Waals surface area contributed by atoms with Crippen molar-refractivity contribution in [3.63, 3.8) is 0 Å². The number of hydrogen-bond acceptors (Lipinski definition) is 5. The maximum atomic E-state index is 12.0. The molecule has 6 nitrogen and oxygen atoms in total. The van der Waals surface area contributed by atoms with Gasteiger partial charge in [0.1, 0.15) is 11.5 Å². The zero-order valence-corrected chi connectivity index (χ0v) is 16.3. The average molecular weight is 412 g/mol. The number of ether oxygens (including phenoxy) is 3. The van der Waals surface area contributed by atoms with E-state index in [2.05, 4.69) is 5.32 Å². The van der Waals surface area contributed by atoms with E-state index in [0.29, 0.717) is 23.1 Å². The molecule has 1 N–H and O–H groups in total. The molecular weight excluding hydrogens is 393 g/mol. The van der Waals surface area contributed by atoms with Gasteiger partial charge in [0.25, 0.3) is 5.91 Å². The van der Waals surface area contributed by atoms with Crippen LogP contribution in [-0.4, -0.2) is 31.7 Å². The quantitative estimate of drug-likeness (QED) is 0.671. The molecule has 1 atom stereocenters. The summed E-state index contributed by atoms with van der Waals surface area (Å²) in [4.78, 5) is 23.8. The molecular formula is C19H19Cl2NO5. The lowest BCUT2D eigenvalue weighted by Gasteiger charge is -2.15. The van der Waals surface area contributed by atoms with Crippen LogP contribution < -0.4 is 14.8 Å². The SMILES string of the molecule is COc1cccc(CNC(=O)COC(=O)[C@@H](C)Oc2ccc(Cl)cc2Cl)c1. The van der Waals surface area contributed by atoms with Gasteiger partial charge < -0.3 is 19.5 Å². The monoisotopic (exact) mass is 411 g/mol. The minimum absolute atomic E-state index is 0.276. The Morgan fingerprint density at radius 3 is 2.63 bits per heavy atom. The molecule has 0 bridgehead atoms. The van der Waals surface area contributed by atoms with E-state index in [0.717, 1.165) is 5.56 Å². The number of nitrogens with one attached hydrogen (secondary N) is 1. The molecule has 2 aromatic rings. The molecule has 0 aliphatic heterocycles. The molecule has 0 radical (unpaired) electrons. The van der Waals surface area contributed by atoms with Gasteiger partial charge in [0, 0.05) is 11.6 Å². The Labute approximate surface area is 167 Å². The Kier molecular flexibility index (Phi) is 7.76. The van der Waals surface area contributed by atoms with Gasteiger partial charge in [-0.25, -0.2) is 4.79 Å². The summed E-state index contributed by atoms with van der Waals surface area (Å²) in [6.45, 7) is 1.38. The first-order chi connectivity index (χ1) is 12.9. The number of methoxy groups -OCH3 is 1. The first-order valence-electron chi connectivity index (χ1n) is 8.07. The minimum Gasteiger partial charge on any atom is -0.497 e. The Bertz CT molecular complexity index is 812. The van der Waals surface area contributed by atoms with E-state index in [9.17, 15) is 9.59 Å². The van der Waals surface area contributed by atoms with Gasteiger partial charge in [-0.15, -0.1) is 0 Å². The van der Waals surface area contributed by atoms with Crippen LogP contribution in [0.25, 0.3) is 0 Å². The second kappa shape index (κ2) is 10.0. The van der Waals surface area contributed by atoms with Crippen LogP contribution in [0.15, 0.2) is 42.5 Å². The van der Waals surface area contributed by atoms with E-state index >= 15 is 0 Å². The fraction of sp³-hybridized carbons (Fsp3) is 0.263. The van der Waals surface area contributed by atoms with Crippen molar-refractivity contribution >= 4 is 35.1 Å². The van der Waals surface area contributed by atoms with Gasteiger partial charge in [0.15, 0.2) is 12.7 Å². The molecule has 0 unspecified atom stereocenters. The number of esters is 1. The zero-order valence-electron chi connectivity index (χ0n) is 14.8. The highest BCUT2D eigenvalue weighted by molar-refractivity contribution is 6.35. The van der Waals surface area contributed by atoms with E-state index in [1.54, 1.807) is 31.4 Å². The predicted octanol–water partition coefficient (Wildman–Crippen LogP) is 3.63. The number of benzene rings is 2. The third-order valence-corrected chi connectivity index (χ3v) is 4.03. The van der Waals surface area contributed by atoms with E-state index in [1.165, 1.54) is 13.0 Å². The highest BCUT2D eigenvalue weighted by atomic mass is 35.5. The number of hydrogen-bond donors (Lipinski definition) is 1. The summed E-state index contributed by atoms with van der Waals surface area (Å²) >= 11 is 11.8. The highest BCUT2D eigenvalue weighted by Gasteiger charge is 2.19. The Morgan fingerprint density at radius 2 is 1.93 bits per heavy atom. The van der Waals surface area contributed by atoms with Crippen LogP contribution in [0.3, 0.4) is 0 Å². The van der Waals surface area contributed by atoms with E-state index < -0.39 is 24.6 Å². The largest absolute Gasteiger partial charge is 0.497 e. The van der Waals surface area contributed by atoms with E-state index in [1.807, 2.05) is 12.1 Å². The van der Waals surface area contributed by atoms with Crippen LogP contribution in [0.1, 0.15) is 12.5 Å². The normalized spacial score (nSPS) is 11.4. The molecule has 2 aromatic carbocycles. The van der Waals surface area contributed by atoms with Crippen molar-refractivity contribution < 1.29 is 23.8 Å². The lowest BCUT2D eigenvalue weighted by atomic mass is 10.2. The Balaban J connectivity index is 1.77. The molecule has 0 aliphatic carbocycles. The first kappa shape index (κ1) is 20.9. The van der Waals surface area contributed by atoms with Crippen LogP contribution in [0.2, 0.25) is 10.0 Å². The number of rotatable bonds is 8. The molecule has 1 amide bonds. The lowest BCUT2D eigenvalue weighted by Crippen LogP contribution is -2.32. The maximum Gasteiger partial charge on any atom is 0.347 e. The molecule has 27 heavy (non-hydrogen) atoms. The van der Waals surface area contributed by atoms with Crippen molar-refractivity contribution in [2.45, 2.75) is 19.6 Å². The first-order valence-corrected chi connectivity index (χ1v) is 8.82. The van der Waals surface area contributed by atoms with Crippen LogP contribution in [-0.2, 0) is 20.9 Å². The van der Waals surface area contributed by atoms with Crippen LogP contribution >= 0.6 is 23.2 Å². The number of carbonyl (C=O) groups is 2. The predicted molar refractivity (Wildman–Crippen MR) is 102 cm³/mol. The fourth-order valence-corrected chi connectivity index (χ4v) is 2.55. The Morgan fingerprint density at radius 1 is 1.15 bits per heavy atom. The van der Waals surface area contributed by atoms with Gasteiger partial charge in [-0.1, -0.05) is 35.3 Å². The molecule has 8 heteroatoms. The summed E-state index contributed by atoms with van der Waals surface area (Å²) < 4.78 is 15.5. The molecule has 0 aliphatic rings. The Hall–Kier alpha value is -2.44. The molecule has 0 spiro atoms. The summed E-state index contributed by atoms with van der Waals surface area (Å²) in [7, 11) is 1.57. The number of halogens is 2. The van der Waals surface area contributed by atoms with Gasteiger partial charge in [0.2, 0.25) is 0 Å². The number of amides is 1. The highest BCUT2D eigenvalue weighted by Crippen LogP contribution is 2.28. The average Bonchev–Trinajstić information content (AvgIpc) is 2.66. The smallest absolute Gasteiger partial charge is 0.347 e. The van der Waals surface area contributed by atoms with Crippen LogP contribution in [0.5, 0.6) is 11.5 Å². The van der Waals surface area contributed by atoms with Gasteiger partial charge in [0.05, 0.1) is 12.1 Å². The molecule has 0 heterocycles. The molecule has 0 aromatic heterocycles.